The molecule has 0 radical (unpaired) electrons. The van der Waals surface area contributed by atoms with Crippen LogP contribution in [0, 0.1) is 6.92 Å². The molecule has 3 heterocycles. The fourth-order valence-electron chi connectivity index (χ4n) is 3.08. The van der Waals surface area contributed by atoms with Crippen molar-refractivity contribution in [3.8, 4) is 11.3 Å². The summed E-state index contributed by atoms with van der Waals surface area (Å²) in [5.41, 5.74) is 11.8. The molecule has 0 bridgehead atoms. The Labute approximate surface area is 141 Å². The SMILES string of the molecule is Cc1[nH]nc2c1c(=O)n(CCCN)c1ccc(-c3cscn3)cc21. The van der Waals surface area contributed by atoms with E-state index in [1.165, 1.54) is 0 Å². The summed E-state index contributed by atoms with van der Waals surface area (Å²) in [6, 6.07) is 6.04. The molecule has 1 aromatic carbocycles. The lowest BCUT2D eigenvalue weighted by atomic mass is 10.1. The molecular formula is C17H17N5OS. The van der Waals surface area contributed by atoms with Crippen molar-refractivity contribution < 1.29 is 0 Å². The second kappa shape index (κ2) is 5.85. The van der Waals surface area contributed by atoms with E-state index < -0.39 is 0 Å². The predicted molar refractivity (Wildman–Crippen MR) is 97.4 cm³/mol. The molecule has 0 saturated heterocycles. The maximum absolute atomic E-state index is 12.9. The van der Waals surface area contributed by atoms with Crippen LogP contribution < -0.4 is 11.3 Å². The topological polar surface area (TPSA) is 89.6 Å². The van der Waals surface area contributed by atoms with E-state index in [-0.39, 0.29) is 5.56 Å². The molecule has 6 nitrogen and oxygen atoms in total. The highest BCUT2D eigenvalue weighted by Gasteiger charge is 2.16. The Bertz CT molecular complexity index is 1080. The van der Waals surface area contributed by atoms with Crippen LogP contribution in [0.2, 0.25) is 0 Å². The van der Waals surface area contributed by atoms with Crippen LogP contribution in [0.25, 0.3) is 33.1 Å². The molecule has 0 aliphatic rings. The summed E-state index contributed by atoms with van der Waals surface area (Å²) >= 11 is 1.56. The molecule has 0 aliphatic heterocycles. The van der Waals surface area contributed by atoms with Crippen molar-refractivity contribution in [3.63, 3.8) is 0 Å². The van der Waals surface area contributed by atoms with E-state index in [4.69, 9.17) is 5.73 Å². The monoisotopic (exact) mass is 339 g/mol. The summed E-state index contributed by atoms with van der Waals surface area (Å²) in [6.07, 6.45) is 0.755. The largest absolute Gasteiger partial charge is 0.330 e. The van der Waals surface area contributed by atoms with Gasteiger partial charge in [-0.1, -0.05) is 6.07 Å². The van der Waals surface area contributed by atoms with Gasteiger partial charge in [-0.25, -0.2) is 4.98 Å². The van der Waals surface area contributed by atoms with Gasteiger partial charge in [-0.15, -0.1) is 11.3 Å². The molecule has 0 saturated carbocycles. The highest BCUT2D eigenvalue weighted by atomic mass is 32.1. The number of nitrogens with two attached hydrogens (primary N) is 1. The number of aromatic amines is 1. The van der Waals surface area contributed by atoms with Crippen LogP contribution in [0.3, 0.4) is 0 Å². The Balaban J connectivity index is 2.08. The zero-order valence-corrected chi connectivity index (χ0v) is 14.1. The highest BCUT2D eigenvalue weighted by Crippen LogP contribution is 2.28. The molecule has 3 aromatic heterocycles. The quantitative estimate of drug-likeness (QED) is 0.598. The summed E-state index contributed by atoms with van der Waals surface area (Å²) < 4.78 is 1.80. The second-order valence-corrected chi connectivity index (χ2v) is 6.50. The molecule has 7 heteroatoms. The number of nitrogens with one attached hydrogen (secondary N) is 1. The van der Waals surface area contributed by atoms with Crippen LogP contribution in [0.1, 0.15) is 12.1 Å². The fourth-order valence-corrected chi connectivity index (χ4v) is 3.64. The standard InChI is InChI=1S/C17H17N5OS/c1-10-15-16(21-20-10)12-7-11(13-8-24-9-19-13)3-4-14(12)22(17(15)23)6-2-5-18/h3-4,7-9H,2,5-6,18H2,1H3,(H,20,21). The number of thiazole rings is 1. The minimum Gasteiger partial charge on any atom is -0.330 e. The van der Waals surface area contributed by atoms with Crippen molar-refractivity contribution in [2.75, 3.05) is 6.54 Å². The van der Waals surface area contributed by atoms with Gasteiger partial charge in [0.25, 0.3) is 5.56 Å². The van der Waals surface area contributed by atoms with E-state index in [1.807, 2.05) is 29.9 Å². The molecule has 122 valence electrons. The van der Waals surface area contributed by atoms with Crippen molar-refractivity contribution in [1.29, 1.82) is 0 Å². The molecule has 0 fully saturated rings. The van der Waals surface area contributed by atoms with Gasteiger partial charge in [-0.2, -0.15) is 5.10 Å². The first kappa shape index (κ1) is 15.0. The Morgan fingerprint density at radius 2 is 2.25 bits per heavy atom. The molecular weight excluding hydrogens is 322 g/mol. The summed E-state index contributed by atoms with van der Waals surface area (Å²) in [4.78, 5) is 17.3. The second-order valence-electron chi connectivity index (χ2n) is 5.78. The number of nitrogens with zero attached hydrogens (tertiary/aromatic N) is 3. The third kappa shape index (κ3) is 2.24. The molecule has 3 N–H and O–H groups in total. The first-order valence-electron chi connectivity index (χ1n) is 7.80. The summed E-state index contributed by atoms with van der Waals surface area (Å²) in [5.74, 6) is 0. The Morgan fingerprint density at radius 1 is 1.38 bits per heavy atom. The highest BCUT2D eigenvalue weighted by molar-refractivity contribution is 7.07. The Hall–Kier alpha value is -2.51. The number of fused-ring (bicyclic) bond motifs is 3. The van der Waals surface area contributed by atoms with Crippen LogP contribution in [-0.2, 0) is 6.54 Å². The average molecular weight is 339 g/mol. The smallest absolute Gasteiger partial charge is 0.262 e. The summed E-state index contributed by atoms with van der Waals surface area (Å²) in [5, 5.41) is 10.9. The van der Waals surface area contributed by atoms with E-state index in [0.717, 1.165) is 34.3 Å². The van der Waals surface area contributed by atoms with Crippen molar-refractivity contribution in [2.24, 2.45) is 5.73 Å². The van der Waals surface area contributed by atoms with Gasteiger partial charge >= 0.3 is 0 Å². The van der Waals surface area contributed by atoms with Crippen LogP contribution in [0.4, 0.5) is 0 Å². The zero-order chi connectivity index (χ0) is 16.7. The van der Waals surface area contributed by atoms with Gasteiger partial charge in [0.1, 0.15) is 5.52 Å². The molecule has 0 amide bonds. The third-order valence-electron chi connectivity index (χ3n) is 4.26. The van der Waals surface area contributed by atoms with Gasteiger partial charge in [-0.3, -0.25) is 9.89 Å². The van der Waals surface area contributed by atoms with Gasteiger partial charge in [0, 0.05) is 28.6 Å². The normalized spacial score (nSPS) is 11.6. The van der Waals surface area contributed by atoms with Crippen LogP contribution in [0.5, 0.6) is 0 Å². The molecule has 0 spiro atoms. The van der Waals surface area contributed by atoms with Gasteiger partial charge in [0.15, 0.2) is 0 Å². The van der Waals surface area contributed by atoms with E-state index in [0.29, 0.717) is 24.0 Å². The minimum atomic E-state index is -0.0152. The van der Waals surface area contributed by atoms with E-state index in [1.54, 1.807) is 15.9 Å². The molecule has 4 rings (SSSR count). The lowest BCUT2D eigenvalue weighted by Gasteiger charge is -2.11. The number of H-pyrrole nitrogens is 1. The Morgan fingerprint density at radius 3 is 3.00 bits per heavy atom. The van der Waals surface area contributed by atoms with Crippen molar-refractivity contribution in [3.05, 3.63) is 45.1 Å². The fraction of sp³-hybridized carbons (Fsp3) is 0.235. The van der Waals surface area contributed by atoms with Crippen molar-refractivity contribution in [1.82, 2.24) is 19.7 Å². The number of benzene rings is 1. The zero-order valence-electron chi connectivity index (χ0n) is 13.2. The molecule has 0 aliphatic carbocycles. The maximum Gasteiger partial charge on any atom is 0.262 e. The van der Waals surface area contributed by atoms with E-state index in [2.05, 4.69) is 21.2 Å². The van der Waals surface area contributed by atoms with Crippen LogP contribution in [-0.4, -0.2) is 26.3 Å². The van der Waals surface area contributed by atoms with Crippen LogP contribution >= 0.6 is 11.3 Å². The number of hydrogen-bond donors (Lipinski definition) is 2. The van der Waals surface area contributed by atoms with Gasteiger partial charge in [0.05, 0.1) is 22.1 Å². The molecule has 0 atom stereocenters. The molecule has 0 unspecified atom stereocenters. The van der Waals surface area contributed by atoms with Crippen molar-refractivity contribution in [2.45, 2.75) is 19.9 Å². The number of rotatable bonds is 4. The van der Waals surface area contributed by atoms with Gasteiger partial charge in [-0.05, 0) is 32.0 Å². The first-order chi connectivity index (χ1) is 11.7. The molecule has 4 aromatic rings. The number of hydrogen-bond acceptors (Lipinski definition) is 5. The predicted octanol–water partition coefficient (Wildman–Crippen LogP) is 2.66. The first-order valence-corrected chi connectivity index (χ1v) is 8.75. The maximum atomic E-state index is 12.9. The Kier molecular flexibility index (Phi) is 3.66. The lowest BCUT2D eigenvalue weighted by molar-refractivity contribution is 0.654. The molecule has 24 heavy (non-hydrogen) atoms. The summed E-state index contributed by atoms with van der Waals surface area (Å²) in [7, 11) is 0. The van der Waals surface area contributed by atoms with Crippen LogP contribution in [0.15, 0.2) is 33.9 Å². The average Bonchev–Trinajstić information content (AvgIpc) is 3.24. The minimum absolute atomic E-state index is 0.0152. The summed E-state index contributed by atoms with van der Waals surface area (Å²) in [6.45, 7) is 3.02. The number of aromatic nitrogens is 4. The van der Waals surface area contributed by atoms with E-state index >= 15 is 0 Å². The van der Waals surface area contributed by atoms with Gasteiger partial charge in [0.2, 0.25) is 0 Å². The lowest BCUT2D eigenvalue weighted by Crippen LogP contribution is -2.22. The van der Waals surface area contributed by atoms with Gasteiger partial charge < -0.3 is 10.3 Å². The number of aryl methyl sites for hydroxylation is 2. The third-order valence-corrected chi connectivity index (χ3v) is 4.85. The van der Waals surface area contributed by atoms with Crippen molar-refractivity contribution >= 4 is 33.1 Å². The number of pyridine rings is 1. The van der Waals surface area contributed by atoms with E-state index in [9.17, 15) is 4.79 Å².